The van der Waals surface area contributed by atoms with Crippen LogP contribution in [-0.4, -0.2) is 60.9 Å². The maximum Gasteiger partial charge on any atom is 0.339 e. The van der Waals surface area contributed by atoms with Gasteiger partial charge in [0.15, 0.2) is 16.4 Å². The van der Waals surface area contributed by atoms with E-state index in [1.807, 2.05) is 55.5 Å². The summed E-state index contributed by atoms with van der Waals surface area (Å²) >= 11 is 0. The maximum atomic E-state index is 13.1. The molecule has 1 aromatic heterocycles. The minimum absolute atomic E-state index is 0.0359. The number of nitrogens with zero attached hydrogens (tertiary/aromatic N) is 2. The van der Waals surface area contributed by atoms with Crippen molar-refractivity contribution in [1.29, 1.82) is 0 Å². The van der Waals surface area contributed by atoms with Crippen molar-refractivity contribution in [2.45, 2.75) is 32.2 Å². The summed E-state index contributed by atoms with van der Waals surface area (Å²) in [6.45, 7) is 2.02. The predicted octanol–water partition coefficient (Wildman–Crippen LogP) is 3.87. The molecule has 1 saturated heterocycles. The van der Waals surface area contributed by atoms with Crippen molar-refractivity contribution >= 4 is 32.6 Å². The standard InChI is InChI=1S/C26H28N2O5S/c1-2-3-14-28(20-13-15-34(31,32)18-20)25(29)17-33-26(30)22-16-24(19-9-5-4-6-10-19)27-23-12-8-7-11-21(22)23/h4-12,16,20H,2-3,13-15,17-18H2,1H3. The number of sulfone groups is 1. The Morgan fingerprint density at radius 2 is 1.82 bits per heavy atom. The first-order chi connectivity index (χ1) is 16.4. The van der Waals surface area contributed by atoms with Crippen LogP contribution in [-0.2, 0) is 19.4 Å². The molecule has 7 nitrogen and oxygen atoms in total. The fourth-order valence-corrected chi connectivity index (χ4v) is 5.98. The first-order valence-corrected chi connectivity index (χ1v) is 13.3. The van der Waals surface area contributed by atoms with Crippen LogP contribution in [0.4, 0.5) is 0 Å². The van der Waals surface area contributed by atoms with Crippen LogP contribution in [0.3, 0.4) is 0 Å². The van der Waals surface area contributed by atoms with E-state index >= 15 is 0 Å². The number of unbranched alkanes of at least 4 members (excludes halogenated alkanes) is 1. The minimum atomic E-state index is -3.14. The fraction of sp³-hybridized carbons (Fsp3) is 0.346. The van der Waals surface area contributed by atoms with Gasteiger partial charge >= 0.3 is 5.97 Å². The molecule has 1 atom stereocenters. The van der Waals surface area contributed by atoms with Crippen LogP contribution in [0.1, 0.15) is 36.5 Å². The molecular formula is C26H28N2O5S. The Hall–Kier alpha value is -3.26. The van der Waals surface area contributed by atoms with Crippen molar-refractivity contribution in [1.82, 2.24) is 9.88 Å². The zero-order valence-electron chi connectivity index (χ0n) is 19.1. The highest BCUT2D eigenvalue weighted by molar-refractivity contribution is 7.91. The molecule has 4 rings (SSSR count). The van der Waals surface area contributed by atoms with Gasteiger partial charge in [-0.3, -0.25) is 4.79 Å². The second-order valence-corrected chi connectivity index (χ2v) is 10.7. The molecule has 1 aliphatic heterocycles. The van der Waals surface area contributed by atoms with E-state index < -0.39 is 22.4 Å². The highest BCUT2D eigenvalue weighted by Crippen LogP contribution is 2.25. The highest BCUT2D eigenvalue weighted by Gasteiger charge is 2.34. The third-order valence-corrected chi connectivity index (χ3v) is 7.80. The van der Waals surface area contributed by atoms with Crippen molar-refractivity contribution in [2.24, 2.45) is 0 Å². The molecular weight excluding hydrogens is 452 g/mol. The van der Waals surface area contributed by atoms with Crippen LogP contribution >= 0.6 is 0 Å². The number of pyridine rings is 1. The van der Waals surface area contributed by atoms with E-state index in [2.05, 4.69) is 4.98 Å². The van der Waals surface area contributed by atoms with E-state index in [-0.39, 0.29) is 23.5 Å². The first kappa shape index (κ1) is 23.9. The van der Waals surface area contributed by atoms with Gasteiger partial charge in [0.1, 0.15) is 0 Å². The molecule has 1 unspecified atom stereocenters. The highest BCUT2D eigenvalue weighted by atomic mass is 32.2. The lowest BCUT2D eigenvalue weighted by molar-refractivity contribution is -0.136. The Morgan fingerprint density at radius 1 is 1.09 bits per heavy atom. The van der Waals surface area contributed by atoms with Gasteiger partial charge in [-0.1, -0.05) is 61.9 Å². The summed E-state index contributed by atoms with van der Waals surface area (Å²) in [7, 11) is -3.14. The molecule has 0 bridgehead atoms. The van der Waals surface area contributed by atoms with Crippen LogP contribution in [0, 0.1) is 0 Å². The van der Waals surface area contributed by atoms with Crippen LogP contribution in [0.5, 0.6) is 0 Å². The van der Waals surface area contributed by atoms with Gasteiger partial charge in [0.2, 0.25) is 0 Å². The molecule has 2 heterocycles. The molecule has 0 spiro atoms. The summed E-state index contributed by atoms with van der Waals surface area (Å²) in [5, 5.41) is 0.643. The summed E-state index contributed by atoms with van der Waals surface area (Å²) in [6, 6.07) is 18.2. The molecule has 0 aliphatic carbocycles. The van der Waals surface area contributed by atoms with Crippen molar-refractivity contribution in [3.05, 3.63) is 66.2 Å². The van der Waals surface area contributed by atoms with E-state index in [1.165, 1.54) is 0 Å². The molecule has 34 heavy (non-hydrogen) atoms. The number of para-hydroxylation sites is 1. The van der Waals surface area contributed by atoms with Gasteiger partial charge in [-0.15, -0.1) is 0 Å². The Labute approximate surface area is 199 Å². The number of fused-ring (bicyclic) bond motifs is 1. The van der Waals surface area contributed by atoms with Gasteiger partial charge in [-0.2, -0.15) is 0 Å². The van der Waals surface area contributed by atoms with E-state index in [0.29, 0.717) is 35.1 Å². The zero-order chi connectivity index (χ0) is 24.1. The van der Waals surface area contributed by atoms with Gasteiger partial charge in [-0.05, 0) is 25.0 Å². The summed E-state index contributed by atoms with van der Waals surface area (Å²) < 4.78 is 29.3. The quantitative estimate of drug-likeness (QED) is 0.454. The van der Waals surface area contributed by atoms with E-state index in [1.54, 1.807) is 17.0 Å². The van der Waals surface area contributed by atoms with Crippen molar-refractivity contribution < 1.29 is 22.7 Å². The lowest BCUT2D eigenvalue weighted by atomic mass is 10.0. The van der Waals surface area contributed by atoms with Crippen LogP contribution in [0.25, 0.3) is 22.2 Å². The van der Waals surface area contributed by atoms with Crippen molar-refractivity contribution in [2.75, 3.05) is 24.7 Å². The number of ether oxygens (including phenoxy) is 1. The lowest BCUT2D eigenvalue weighted by Crippen LogP contribution is -2.43. The molecule has 0 saturated carbocycles. The fourth-order valence-electron chi connectivity index (χ4n) is 4.25. The molecule has 1 fully saturated rings. The average molecular weight is 481 g/mol. The number of esters is 1. The topological polar surface area (TPSA) is 93.6 Å². The lowest BCUT2D eigenvalue weighted by Gasteiger charge is -2.28. The minimum Gasteiger partial charge on any atom is -0.452 e. The second-order valence-electron chi connectivity index (χ2n) is 8.51. The second kappa shape index (κ2) is 10.3. The van der Waals surface area contributed by atoms with Crippen molar-refractivity contribution in [3.8, 4) is 11.3 Å². The van der Waals surface area contributed by atoms with Crippen LogP contribution in [0.15, 0.2) is 60.7 Å². The number of carbonyl (C=O) groups is 2. The summed E-state index contributed by atoms with van der Waals surface area (Å²) in [5.41, 5.74) is 2.49. The summed E-state index contributed by atoms with van der Waals surface area (Å²) in [4.78, 5) is 32.3. The van der Waals surface area contributed by atoms with Gasteiger partial charge in [0.25, 0.3) is 5.91 Å². The molecule has 3 aromatic rings. The normalized spacial score (nSPS) is 16.9. The Bertz CT molecular complexity index is 1290. The first-order valence-electron chi connectivity index (χ1n) is 11.5. The molecule has 0 radical (unpaired) electrons. The van der Waals surface area contributed by atoms with Crippen LogP contribution in [0.2, 0.25) is 0 Å². The summed E-state index contributed by atoms with van der Waals surface area (Å²) in [6.07, 6.45) is 2.04. The molecule has 1 amide bonds. The van der Waals surface area contributed by atoms with Crippen molar-refractivity contribution in [3.63, 3.8) is 0 Å². The third-order valence-electron chi connectivity index (χ3n) is 6.05. The zero-order valence-corrected chi connectivity index (χ0v) is 20.0. The molecule has 178 valence electrons. The SMILES string of the molecule is CCCCN(C(=O)COC(=O)c1cc(-c2ccccc2)nc2ccccc12)C1CCS(=O)(=O)C1. The van der Waals surface area contributed by atoms with E-state index in [0.717, 1.165) is 18.4 Å². The molecule has 1 aliphatic rings. The third kappa shape index (κ3) is 5.44. The monoisotopic (exact) mass is 480 g/mol. The predicted molar refractivity (Wildman–Crippen MR) is 131 cm³/mol. The summed E-state index contributed by atoms with van der Waals surface area (Å²) in [5.74, 6) is -0.936. The Balaban J connectivity index is 1.55. The van der Waals surface area contributed by atoms with E-state index in [4.69, 9.17) is 4.74 Å². The smallest absolute Gasteiger partial charge is 0.339 e. The maximum absolute atomic E-state index is 13.1. The number of carbonyl (C=O) groups excluding carboxylic acids is 2. The molecule has 2 aromatic carbocycles. The van der Waals surface area contributed by atoms with Gasteiger partial charge < -0.3 is 9.64 Å². The van der Waals surface area contributed by atoms with Gasteiger partial charge in [0, 0.05) is 23.5 Å². The van der Waals surface area contributed by atoms with Gasteiger partial charge in [-0.25, -0.2) is 18.2 Å². The number of hydrogen-bond acceptors (Lipinski definition) is 6. The molecule has 8 heteroatoms. The average Bonchev–Trinajstić information content (AvgIpc) is 3.21. The number of rotatable bonds is 8. The Morgan fingerprint density at radius 3 is 2.53 bits per heavy atom. The van der Waals surface area contributed by atoms with Crippen LogP contribution < -0.4 is 0 Å². The number of benzene rings is 2. The van der Waals surface area contributed by atoms with E-state index in [9.17, 15) is 18.0 Å². The Kier molecular flexibility index (Phi) is 7.26. The van der Waals surface area contributed by atoms with Gasteiger partial charge in [0.05, 0.1) is 28.3 Å². The number of aromatic nitrogens is 1. The molecule has 0 N–H and O–H groups in total. The largest absolute Gasteiger partial charge is 0.452 e. The number of amides is 1. The number of hydrogen-bond donors (Lipinski definition) is 0.